The summed E-state index contributed by atoms with van der Waals surface area (Å²) >= 11 is 0. The molecule has 142 valence electrons. The predicted molar refractivity (Wildman–Crippen MR) is 103 cm³/mol. The highest BCUT2D eigenvalue weighted by Gasteiger charge is 2.30. The Morgan fingerprint density at radius 3 is 1.48 bits per heavy atom. The van der Waals surface area contributed by atoms with E-state index in [0.717, 1.165) is 0 Å². The molecule has 6 nitrogen and oxygen atoms in total. The molecule has 0 saturated heterocycles. The fourth-order valence-corrected chi connectivity index (χ4v) is 2.36. The van der Waals surface area contributed by atoms with E-state index < -0.39 is 22.8 Å². The molecule has 0 spiro atoms. The molecule has 0 bridgehead atoms. The zero-order chi connectivity index (χ0) is 20.2. The van der Waals surface area contributed by atoms with Crippen LogP contribution in [0.1, 0.15) is 38.8 Å². The van der Waals surface area contributed by atoms with Gasteiger partial charge < -0.3 is 19.5 Å². The molecule has 27 heavy (non-hydrogen) atoms. The van der Waals surface area contributed by atoms with Crippen LogP contribution in [0.15, 0.2) is 48.5 Å². The van der Waals surface area contributed by atoms with Gasteiger partial charge in [-0.3, -0.25) is 9.59 Å². The predicted octanol–water partition coefficient (Wildman–Crippen LogP) is 3.14. The zero-order valence-corrected chi connectivity index (χ0v) is 15.9. The first-order chi connectivity index (χ1) is 12.5. The van der Waals surface area contributed by atoms with Gasteiger partial charge >= 0.3 is 19.6 Å². The third-order valence-electron chi connectivity index (χ3n) is 4.63. The number of carbonyl (C=O) groups is 2. The minimum atomic E-state index is -1.03. The van der Waals surface area contributed by atoms with Crippen molar-refractivity contribution < 1.29 is 29.1 Å². The van der Waals surface area contributed by atoms with Crippen molar-refractivity contribution in [2.24, 2.45) is 0 Å². The first-order valence-corrected chi connectivity index (χ1v) is 8.48. The average Bonchev–Trinajstić information content (AvgIpc) is 2.62. The maximum atomic E-state index is 11.4. The number of hydrogen-bond acceptors (Lipinski definition) is 4. The lowest BCUT2D eigenvalue weighted by Crippen LogP contribution is -2.28. The minimum absolute atomic E-state index is 0.0894. The van der Waals surface area contributed by atoms with E-state index in [9.17, 15) is 19.8 Å². The Labute approximate surface area is 159 Å². The first kappa shape index (κ1) is 20.4. The molecule has 0 aliphatic carbocycles. The number of hydrogen-bond donors (Lipinski definition) is 2. The minimum Gasteiger partial charge on any atom is -0.529 e. The molecule has 0 aromatic heterocycles. The summed E-state index contributed by atoms with van der Waals surface area (Å²) < 4.78 is 11.1. The van der Waals surface area contributed by atoms with E-state index in [0.29, 0.717) is 22.6 Å². The van der Waals surface area contributed by atoms with Crippen molar-refractivity contribution in [2.45, 2.75) is 38.5 Å². The van der Waals surface area contributed by atoms with Crippen LogP contribution in [0.25, 0.3) is 0 Å². The van der Waals surface area contributed by atoms with E-state index in [-0.39, 0.29) is 7.69 Å². The number of carboxylic acids is 2. The second-order valence-corrected chi connectivity index (χ2v) is 7.32. The van der Waals surface area contributed by atoms with Gasteiger partial charge in [0.1, 0.15) is 11.5 Å². The maximum absolute atomic E-state index is 11.4. The lowest BCUT2D eigenvalue weighted by molar-refractivity contribution is -0.143. The Kier molecular flexibility index (Phi) is 5.83. The molecule has 2 rings (SSSR count). The Morgan fingerprint density at radius 1 is 0.778 bits per heavy atom. The molecule has 0 aliphatic heterocycles. The van der Waals surface area contributed by atoms with E-state index in [1.54, 1.807) is 76.2 Å². The lowest BCUT2D eigenvalue weighted by Gasteiger charge is -2.21. The highest BCUT2D eigenvalue weighted by atomic mass is 16.6. The van der Waals surface area contributed by atoms with Crippen LogP contribution < -0.4 is 9.31 Å². The molecule has 0 unspecified atom stereocenters. The molecule has 0 amide bonds. The van der Waals surface area contributed by atoms with Crippen molar-refractivity contribution in [1.29, 1.82) is 0 Å². The van der Waals surface area contributed by atoms with Gasteiger partial charge in [0.05, 0.1) is 10.8 Å². The smallest absolute Gasteiger partial charge is 0.529 e. The number of aliphatic carboxylic acids is 2. The van der Waals surface area contributed by atoms with Crippen LogP contribution in [-0.4, -0.2) is 29.8 Å². The average molecular weight is 370 g/mol. The summed E-state index contributed by atoms with van der Waals surface area (Å²) in [6, 6.07) is 13.7. The van der Waals surface area contributed by atoms with Gasteiger partial charge in [-0.1, -0.05) is 24.3 Å². The second kappa shape index (κ2) is 7.74. The largest absolute Gasteiger partial charge is 0.576 e. The fraction of sp³-hybridized carbons (Fsp3) is 0.300. The van der Waals surface area contributed by atoms with Crippen LogP contribution in [0.2, 0.25) is 0 Å². The molecule has 0 saturated carbocycles. The maximum Gasteiger partial charge on any atom is 0.576 e. The van der Waals surface area contributed by atoms with Crippen molar-refractivity contribution >= 4 is 19.6 Å². The van der Waals surface area contributed by atoms with Gasteiger partial charge in [-0.15, -0.1) is 0 Å². The summed E-state index contributed by atoms with van der Waals surface area (Å²) in [5.74, 6) is -0.866. The summed E-state index contributed by atoms with van der Waals surface area (Å²) in [5, 5.41) is 18.7. The molecule has 0 heterocycles. The van der Waals surface area contributed by atoms with E-state index in [2.05, 4.69) is 0 Å². The molecule has 2 aromatic rings. The molecular weight excluding hydrogens is 347 g/mol. The quantitative estimate of drug-likeness (QED) is 0.694. The fourth-order valence-electron chi connectivity index (χ4n) is 2.36. The standard InChI is InChI=1S/C20H23BO6/c1-19(2,17(22)23)13-7-5-9-15(11-13)26-21-27-16-10-6-8-14(12-16)20(3,4)18(24)25/h5-12,21H,1-4H3,(H,22,23)(H,24,25). The normalized spacial score (nSPS) is 11.6. The third-order valence-corrected chi connectivity index (χ3v) is 4.63. The van der Waals surface area contributed by atoms with Crippen LogP contribution >= 0.6 is 0 Å². The van der Waals surface area contributed by atoms with Gasteiger partial charge in [0, 0.05) is 0 Å². The van der Waals surface area contributed by atoms with Crippen LogP contribution in [0.5, 0.6) is 11.5 Å². The highest BCUT2D eigenvalue weighted by Crippen LogP contribution is 2.28. The van der Waals surface area contributed by atoms with Gasteiger partial charge in [-0.2, -0.15) is 0 Å². The summed E-state index contributed by atoms with van der Waals surface area (Å²) in [7, 11) is -0.0894. The molecule has 0 aliphatic rings. The number of rotatable bonds is 8. The van der Waals surface area contributed by atoms with Crippen molar-refractivity contribution in [1.82, 2.24) is 0 Å². The van der Waals surface area contributed by atoms with Crippen molar-refractivity contribution in [3.63, 3.8) is 0 Å². The lowest BCUT2D eigenvalue weighted by atomic mass is 9.85. The van der Waals surface area contributed by atoms with E-state index >= 15 is 0 Å². The monoisotopic (exact) mass is 370 g/mol. The molecule has 2 aromatic carbocycles. The van der Waals surface area contributed by atoms with Gasteiger partial charge in [0.25, 0.3) is 0 Å². The van der Waals surface area contributed by atoms with E-state index in [4.69, 9.17) is 9.31 Å². The van der Waals surface area contributed by atoms with Gasteiger partial charge in [0.2, 0.25) is 0 Å². The zero-order valence-electron chi connectivity index (χ0n) is 15.9. The van der Waals surface area contributed by atoms with Crippen molar-refractivity contribution in [3.8, 4) is 11.5 Å². The summed E-state index contributed by atoms with van der Waals surface area (Å²) in [6.45, 7) is 6.50. The topological polar surface area (TPSA) is 93.1 Å². The third kappa shape index (κ3) is 4.61. The van der Waals surface area contributed by atoms with Gasteiger partial charge in [0.15, 0.2) is 0 Å². The van der Waals surface area contributed by atoms with E-state index in [1.807, 2.05) is 0 Å². The molecule has 0 fully saturated rings. The molecule has 7 heteroatoms. The first-order valence-electron chi connectivity index (χ1n) is 8.48. The Morgan fingerprint density at radius 2 is 1.15 bits per heavy atom. The Hall–Kier alpha value is -2.96. The van der Waals surface area contributed by atoms with Crippen LogP contribution in [0.3, 0.4) is 0 Å². The van der Waals surface area contributed by atoms with Crippen molar-refractivity contribution in [2.75, 3.05) is 0 Å². The summed E-state index contributed by atoms with van der Waals surface area (Å²) in [4.78, 5) is 22.8. The summed E-state index contributed by atoms with van der Waals surface area (Å²) in [6.07, 6.45) is 0. The van der Waals surface area contributed by atoms with Crippen LogP contribution in [0.4, 0.5) is 0 Å². The Balaban J connectivity index is 2.06. The summed E-state index contributed by atoms with van der Waals surface area (Å²) in [5.41, 5.74) is -0.816. The van der Waals surface area contributed by atoms with E-state index in [1.165, 1.54) is 0 Å². The second-order valence-electron chi connectivity index (χ2n) is 7.32. The number of benzene rings is 2. The van der Waals surface area contributed by atoms with Gasteiger partial charge in [-0.05, 0) is 63.1 Å². The molecule has 2 N–H and O–H groups in total. The molecule has 0 atom stereocenters. The Bertz CT molecular complexity index is 774. The van der Waals surface area contributed by atoms with Crippen LogP contribution in [-0.2, 0) is 20.4 Å². The number of carboxylic acid groups (broad SMARTS) is 2. The van der Waals surface area contributed by atoms with Gasteiger partial charge in [-0.25, -0.2) is 0 Å². The molecule has 0 radical (unpaired) electrons. The highest BCUT2D eigenvalue weighted by molar-refractivity contribution is 6.20. The van der Waals surface area contributed by atoms with Crippen LogP contribution in [0, 0.1) is 0 Å². The van der Waals surface area contributed by atoms with Crippen molar-refractivity contribution in [3.05, 3.63) is 59.7 Å². The SMILES string of the molecule is CC(C)(C(=O)O)c1cccc(OBOc2cccc(C(C)(C)C(=O)O)c2)c1. The molecular formula is C20H23BO6.